The Morgan fingerprint density at radius 2 is 1.95 bits per heavy atom. The number of pyridine rings is 1. The van der Waals surface area contributed by atoms with Crippen molar-refractivity contribution in [1.29, 1.82) is 0 Å². The Bertz CT molecular complexity index is 889. The molecule has 0 fully saturated rings. The molecule has 1 aromatic carbocycles. The molecule has 0 aliphatic heterocycles. The molecule has 2 heterocycles. The van der Waals surface area contributed by atoms with Crippen molar-refractivity contribution in [3.8, 4) is 17.6 Å². The van der Waals surface area contributed by atoms with Crippen molar-refractivity contribution < 1.29 is 15.0 Å². The van der Waals surface area contributed by atoms with E-state index >= 15 is 0 Å². The van der Waals surface area contributed by atoms with Gasteiger partial charge < -0.3 is 10.2 Å². The highest BCUT2D eigenvalue weighted by Crippen LogP contribution is 2.22. The minimum absolute atomic E-state index is 0.0554. The van der Waals surface area contributed by atoms with Gasteiger partial charge in [-0.1, -0.05) is 24.1 Å². The van der Waals surface area contributed by atoms with E-state index in [4.69, 9.17) is 5.11 Å². The molecule has 0 atom stereocenters. The van der Waals surface area contributed by atoms with Crippen molar-refractivity contribution in [3.05, 3.63) is 59.5 Å². The van der Waals surface area contributed by atoms with Crippen LogP contribution in [0.15, 0.2) is 42.7 Å². The fourth-order valence-corrected chi connectivity index (χ4v) is 1.92. The average Bonchev–Trinajstić information content (AvgIpc) is 2.94. The summed E-state index contributed by atoms with van der Waals surface area (Å²) in [5.41, 5.74) is 0.916. The van der Waals surface area contributed by atoms with Gasteiger partial charge in [-0.3, -0.25) is 0 Å². The van der Waals surface area contributed by atoms with E-state index < -0.39 is 5.97 Å². The number of aromatic hydroxyl groups is 1. The molecule has 102 valence electrons. The Labute approximate surface area is 119 Å². The highest BCUT2D eigenvalue weighted by Gasteiger charge is 2.18. The van der Waals surface area contributed by atoms with Gasteiger partial charge in [0.1, 0.15) is 23.3 Å². The third-order valence-corrected chi connectivity index (χ3v) is 2.85. The van der Waals surface area contributed by atoms with Gasteiger partial charge in [-0.2, -0.15) is 5.10 Å². The maximum Gasteiger partial charge on any atom is 0.343 e. The number of aromatic carboxylic acids is 1. The maximum absolute atomic E-state index is 11.1. The molecule has 21 heavy (non-hydrogen) atoms. The molecule has 0 saturated heterocycles. The van der Waals surface area contributed by atoms with Crippen LogP contribution in [-0.4, -0.2) is 30.8 Å². The predicted molar refractivity (Wildman–Crippen MR) is 74.0 cm³/mol. The number of carboxylic acids is 1. The number of hydrogen-bond donors (Lipinski definition) is 2. The molecule has 0 aliphatic rings. The number of fused-ring (bicyclic) bond motifs is 1. The van der Waals surface area contributed by atoms with Gasteiger partial charge in [-0.25, -0.2) is 14.3 Å². The third kappa shape index (κ3) is 2.28. The van der Waals surface area contributed by atoms with Gasteiger partial charge in [0.05, 0.1) is 0 Å². The summed E-state index contributed by atoms with van der Waals surface area (Å²) < 4.78 is 1.29. The van der Waals surface area contributed by atoms with E-state index in [2.05, 4.69) is 21.9 Å². The van der Waals surface area contributed by atoms with E-state index in [1.54, 1.807) is 0 Å². The molecule has 0 amide bonds. The van der Waals surface area contributed by atoms with Crippen LogP contribution in [0, 0.1) is 11.8 Å². The lowest BCUT2D eigenvalue weighted by Crippen LogP contribution is -2.04. The molecule has 3 rings (SSSR count). The average molecular weight is 279 g/mol. The van der Waals surface area contributed by atoms with E-state index in [1.165, 1.54) is 16.9 Å². The Morgan fingerprint density at radius 1 is 1.19 bits per heavy atom. The molecule has 6 nitrogen and oxygen atoms in total. The molecule has 0 unspecified atom stereocenters. The van der Waals surface area contributed by atoms with Gasteiger partial charge in [0.15, 0.2) is 5.65 Å². The monoisotopic (exact) mass is 279 g/mol. The fourth-order valence-electron chi connectivity index (χ4n) is 1.92. The van der Waals surface area contributed by atoms with Crippen molar-refractivity contribution in [2.45, 2.75) is 0 Å². The largest absolute Gasteiger partial charge is 0.507 e. The molecule has 0 bridgehead atoms. The standard InChI is InChI=1S/C15H9N3O3/c19-12-8-11(7-6-10-4-2-1-3-5-10)18-14(16-9-17-18)13(12)15(20)21/h1-5,8-9,19H,(H,20,21). The topological polar surface area (TPSA) is 87.7 Å². The predicted octanol–water partition coefficient (Wildman–Crippen LogP) is 1.53. The molecular weight excluding hydrogens is 270 g/mol. The maximum atomic E-state index is 11.1. The molecular formula is C15H9N3O3. The van der Waals surface area contributed by atoms with Crippen LogP contribution in [0.4, 0.5) is 0 Å². The number of benzene rings is 1. The summed E-state index contributed by atoms with van der Waals surface area (Å²) in [7, 11) is 0. The van der Waals surface area contributed by atoms with Crippen LogP contribution in [0.25, 0.3) is 5.65 Å². The van der Waals surface area contributed by atoms with Crippen LogP contribution in [0.5, 0.6) is 5.75 Å². The van der Waals surface area contributed by atoms with Crippen LogP contribution in [0.2, 0.25) is 0 Å². The van der Waals surface area contributed by atoms with Gasteiger partial charge in [-0.05, 0) is 18.1 Å². The van der Waals surface area contributed by atoms with E-state index in [-0.39, 0.29) is 17.0 Å². The van der Waals surface area contributed by atoms with Gasteiger partial charge in [-0.15, -0.1) is 0 Å². The fraction of sp³-hybridized carbons (Fsp3) is 0. The number of rotatable bonds is 1. The first-order valence-corrected chi connectivity index (χ1v) is 6.03. The number of aromatic nitrogens is 3. The second kappa shape index (κ2) is 4.98. The van der Waals surface area contributed by atoms with Crippen molar-refractivity contribution >= 4 is 11.6 Å². The van der Waals surface area contributed by atoms with Crippen LogP contribution in [0.3, 0.4) is 0 Å². The normalized spacial score (nSPS) is 10.1. The van der Waals surface area contributed by atoms with Crippen LogP contribution in [-0.2, 0) is 0 Å². The molecule has 3 aromatic rings. The summed E-state index contributed by atoms with van der Waals surface area (Å²) in [6, 6.07) is 10.6. The summed E-state index contributed by atoms with van der Waals surface area (Å²) in [4.78, 5) is 15.0. The van der Waals surface area contributed by atoms with E-state index in [0.717, 1.165) is 5.56 Å². The first-order chi connectivity index (χ1) is 10.2. The Balaban J connectivity index is 2.17. The third-order valence-electron chi connectivity index (χ3n) is 2.85. The first-order valence-electron chi connectivity index (χ1n) is 6.03. The van der Waals surface area contributed by atoms with Gasteiger partial charge in [0.25, 0.3) is 0 Å². The second-order valence-electron chi connectivity index (χ2n) is 4.21. The van der Waals surface area contributed by atoms with Crippen molar-refractivity contribution in [2.24, 2.45) is 0 Å². The lowest BCUT2D eigenvalue weighted by atomic mass is 10.2. The lowest BCUT2D eigenvalue weighted by molar-refractivity contribution is 0.0695. The summed E-state index contributed by atoms with van der Waals surface area (Å²) in [5.74, 6) is 4.12. The van der Waals surface area contributed by atoms with Crippen LogP contribution in [0.1, 0.15) is 21.6 Å². The van der Waals surface area contributed by atoms with Gasteiger partial charge in [0, 0.05) is 11.6 Å². The Kier molecular flexibility index (Phi) is 3.01. The number of carbonyl (C=O) groups is 1. The number of hydrogen-bond acceptors (Lipinski definition) is 4. The van der Waals surface area contributed by atoms with Crippen LogP contribution < -0.4 is 0 Å². The molecule has 0 saturated carbocycles. The molecule has 0 radical (unpaired) electrons. The van der Waals surface area contributed by atoms with Crippen LogP contribution >= 0.6 is 0 Å². The molecule has 2 aromatic heterocycles. The quantitative estimate of drug-likeness (QED) is 0.660. The summed E-state index contributed by atoms with van der Waals surface area (Å²) >= 11 is 0. The van der Waals surface area contributed by atoms with E-state index in [0.29, 0.717) is 5.69 Å². The number of nitrogens with zero attached hydrogens (tertiary/aromatic N) is 3. The summed E-state index contributed by atoms with van der Waals surface area (Å²) in [6.07, 6.45) is 1.22. The summed E-state index contributed by atoms with van der Waals surface area (Å²) in [6.45, 7) is 0. The second-order valence-corrected chi connectivity index (χ2v) is 4.21. The molecule has 2 N–H and O–H groups in total. The van der Waals surface area contributed by atoms with E-state index in [9.17, 15) is 9.90 Å². The summed E-state index contributed by atoms with van der Waals surface area (Å²) in [5, 5.41) is 22.9. The highest BCUT2D eigenvalue weighted by atomic mass is 16.4. The smallest absolute Gasteiger partial charge is 0.343 e. The van der Waals surface area contributed by atoms with Gasteiger partial charge >= 0.3 is 5.97 Å². The van der Waals surface area contributed by atoms with Crippen molar-refractivity contribution in [2.75, 3.05) is 0 Å². The van der Waals surface area contributed by atoms with Crippen molar-refractivity contribution in [1.82, 2.24) is 14.6 Å². The minimum Gasteiger partial charge on any atom is -0.507 e. The van der Waals surface area contributed by atoms with E-state index in [1.807, 2.05) is 30.3 Å². The zero-order valence-electron chi connectivity index (χ0n) is 10.7. The Morgan fingerprint density at radius 3 is 2.67 bits per heavy atom. The van der Waals surface area contributed by atoms with Crippen molar-refractivity contribution in [3.63, 3.8) is 0 Å². The Hall–Kier alpha value is -3.33. The zero-order chi connectivity index (χ0) is 14.8. The first kappa shape index (κ1) is 12.7. The molecule has 6 heteroatoms. The van der Waals surface area contributed by atoms with Gasteiger partial charge in [0.2, 0.25) is 0 Å². The lowest BCUT2D eigenvalue weighted by Gasteiger charge is -2.03. The highest BCUT2D eigenvalue weighted by molar-refractivity contribution is 5.97. The zero-order valence-corrected chi connectivity index (χ0v) is 10.7. The number of carboxylic acid groups (broad SMARTS) is 1. The molecule has 0 spiro atoms. The SMILES string of the molecule is O=C(O)c1c(O)cc(C#Cc2ccccc2)n2ncnc12. The molecule has 0 aliphatic carbocycles. The minimum atomic E-state index is -1.27.